The second kappa shape index (κ2) is 5.29. The number of hydrogen-bond acceptors (Lipinski definition) is 2. The lowest BCUT2D eigenvalue weighted by Gasteiger charge is -2.12. The zero-order valence-electron chi connectivity index (χ0n) is 9.41. The minimum Gasteiger partial charge on any atom is -0.324 e. The highest BCUT2D eigenvalue weighted by Gasteiger charge is 2.13. The Bertz CT molecular complexity index is 524. The highest BCUT2D eigenvalue weighted by molar-refractivity contribution is 9.10. The molecule has 0 aliphatic heterocycles. The van der Waals surface area contributed by atoms with Gasteiger partial charge in [0.1, 0.15) is 5.82 Å². The molecule has 0 saturated carbocycles. The quantitative estimate of drug-likeness (QED) is 0.903. The molecule has 0 aliphatic carbocycles. The van der Waals surface area contributed by atoms with Gasteiger partial charge in [0.25, 0.3) is 0 Å². The van der Waals surface area contributed by atoms with Crippen molar-refractivity contribution < 1.29 is 4.39 Å². The number of nitrogens with two attached hydrogens (primary N) is 1. The maximum atomic E-state index is 13.7. The van der Waals surface area contributed by atoms with Gasteiger partial charge in [0.05, 0.1) is 0 Å². The zero-order chi connectivity index (χ0) is 12.4. The van der Waals surface area contributed by atoms with Gasteiger partial charge in [0.15, 0.2) is 0 Å². The molecule has 1 aromatic heterocycles. The van der Waals surface area contributed by atoms with Crippen LogP contribution in [0.25, 0.3) is 0 Å². The molecule has 0 radical (unpaired) electrons. The van der Waals surface area contributed by atoms with Gasteiger partial charge in [0, 0.05) is 10.5 Å². The maximum Gasteiger partial charge on any atom is 0.127 e. The molecule has 1 atom stereocenters. The van der Waals surface area contributed by atoms with Crippen LogP contribution in [0.2, 0.25) is 0 Å². The second-order valence-corrected chi connectivity index (χ2v) is 5.72. The number of hydrogen-bond donors (Lipinski definition) is 1. The standard InChI is InChI=1S/C13H13BrFNS/c1-8-6-17-7-11(8)13(16)4-9-2-3-10(14)5-12(9)15/h2-3,5-7,13H,4,16H2,1H3. The van der Waals surface area contributed by atoms with Gasteiger partial charge in [-0.15, -0.1) is 0 Å². The van der Waals surface area contributed by atoms with Crippen molar-refractivity contribution in [2.45, 2.75) is 19.4 Å². The molecule has 2 N–H and O–H groups in total. The Morgan fingerprint density at radius 1 is 1.41 bits per heavy atom. The summed E-state index contributed by atoms with van der Waals surface area (Å²) in [7, 11) is 0. The first-order valence-electron chi connectivity index (χ1n) is 5.30. The van der Waals surface area contributed by atoms with Gasteiger partial charge >= 0.3 is 0 Å². The predicted octanol–water partition coefficient (Wildman–Crippen LogP) is 4.20. The van der Waals surface area contributed by atoms with Crippen LogP contribution in [0.1, 0.15) is 22.7 Å². The Balaban J connectivity index is 2.19. The predicted molar refractivity (Wildman–Crippen MR) is 73.8 cm³/mol. The lowest BCUT2D eigenvalue weighted by atomic mass is 9.99. The van der Waals surface area contributed by atoms with Crippen LogP contribution in [0.5, 0.6) is 0 Å². The summed E-state index contributed by atoms with van der Waals surface area (Å²) in [5.41, 5.74) is 9.06. The van der Waals surface area contributed by atoms with E-state index in [1.54, 1.807) is 17.4 Å². The van der Waals surface area contributed by atoms with Gasteiger partial charge in [-0.1, -0.05) is 22.0 Å². The lowest BCUT2D eigenvalue weighted by Crippen LogP contribution is -2.14. The summed E-state index contributed by atoms with van der Waals surface area (Å²) >= 11 is 4.87. The lowest BCUT2D eigenvalue weighted by molar-refractivity contribution is 0.592. The molecule has 90 valence electrons. The summed E-state index contributed by atoms with van der Waals surface area (Å²) in [6.45, 7) is 2.03. The van der Waals surface area contributed by atoms with Gasteiger partial charge in [-0.3, -0.25) is 0 Å². The first-order valence-corrected chi connectivity index (χ1v) is 7.03. The third-order valence-electron chi connectivity index (χ3n) is 2.75. The summed E-state index contributed by atoms with van der Waals surface area (Å²) in [6, 6.07) is 4.95. The first kappa shape index (κ1) is 12.7. The van der Waals surface area contributed by atoms with Crippen LogP contribution >= 0.6 is 27.3 Å². The molecule has 0 saturated heterocycles. The van der Waals surface area contributed by atoms with Gasteiger partial charge < -0.3 is 5.73 Å². The van der Waals surface area contributed by atoms with Crippen LogP contribution < -0.4 is 5.73 Å². The third-order valence-corrected chi connectivity index (χ3v) is 4.12. The smallest absolute Gasteiger partial charge is 0.127 e. The second-order valence-electron chi connectivity index (χ2n) is 4.06. The van der Waals surface area contributed by atoms with Gasteiger partial charge in [-0.2, -0.15) is 11.3 Å². The van der Waals surface area contributed by atoms with E-state index in [9.17, 15) is 4.39 Å². The Kier molecular flexibility index (Phi) is 3.97. The maximum absolute atomic E-state index is 13.7. The van der Waals surface area contributed by atoms with E-state index in [1.165, 1.54) is 11.6 Å². The summed E-state index contributed by atoms with van der Waals surface area (Å²) < 4.78 is 14.4. The van der Waals surface area contributed by atoms with E-state index in [-0.39, 0.29) is 11.9 Å². The molecular weight excluding hydrogens is 301 g/mol. The number of rotatable bonds is 3. The number of thiophene rings is 1. The van der Waals surface area contributed by atoms with E-state index in [2.05, 4.69) is 21.3 Å². The minimum atomic E-state index is -0.206. The van der Waals surface area contributed by atoms with Crippen LogP contribution in [0.4, 0.5) is 4.39 Å². The fraction of sp³-hybridized carbons (Fsp3) is 0.231. The molecule has 17 heavy (non-hydrogen) atoms. The molecule has 1 aromatic carbocycles. The fourth-order valence-electron chi connectivity index (χ4n) is 1.78. The van der Waals surface area contributed by atoms with E-state index < -0.39 is 0 Å². The molecule has 2 rings (SSSR count). The van der Waals surface area contributed by atoms with Crippen LogP contribution in [-0.2, 0) is 6.42 Å². The third kappa shape index (κ3) is 2.94. The Morgan fingerprint density at radius 2 is 2.18 bits per heavy atom. The number of benzene rings is 1. The topological polar surface area (TPSA) is 26.0 Å². The first-order chi connectivity index (χ1) is 8.08. The van der Waals surface area contributed by atoms with Crippen molar-refractivity contribution in [3.63, 3.8) is 0 Å². The van der Waals surface area contributed by atoms with Gasteiger partial charge in [0.2, 0.25) is 0 Å². The van der Waals surface area contributed by atoms with E-state index >= 15 is 0 Å². The molecule has 0 bridgehead atoms. The summed E-state index contributed by atoms with van der Waals surface area (Å²) in [5.74, 6) is -0.206. The molecule has 2 aromatic rings. The van der Waals surface area contributed by atoms with E-state index in [4.69, 9.17) is 5.73 Å². The fourth-order valence-corrected chi connectivity index (χ4v) is 3.03. The van der Waals surface area contributed by atoms with Crippen molar-refractivity contribution in [2.75, 3.05) is 0 Å². The molecular formula is C13H13BrFNS. The monoisotopic (exact) mass is 313 g/mol. The van der Waals surface area contributed by atoms with Crippen LogP contribution in [0, 0.1) is 12.7 Å². The minimum absolute atomic E-state index is 0.142. The van der Waals surface area contributed by atoms with Crippen molar-refractivity contribution in [1.82, 2.24) is 0 Å². The normalized spacial score (nSPS) is 12.7. The largest absolute Gasteiger partial charge is 0.324 e. The van der Waals surface area contributed by atoms with Crippen molar-refractivity contribution in [3.8, 4) is 0 Å². The molecule has 1 unspecified atom stereocenters. The van der Waals surface area contributed by atoms with Crippen LogP contribution in [-0.4, -0.2) is 0 Å². The highest BCUT2D eigenvalue weighted by atomic mass is 79.9. The molecule has 1 nitrogen and oxygen atoms in total. The van der Waals surface area contributed by atoms with Crippen molar-refractivity contribution >= 4 is 27.3 Å². The molecule has 0 spiro atoms. The van der Waals surface area contributed by atoms with Crippen molar-refractivity contribution in [1.29, 1.82) is 0 Å². The Labute approximate surface area is 113 Å². The Hall–Kier alpha value is -0.710. The Morgan fingerprint density at radius 3 is 2.76 bits per heavy atom. The number of aryl methyl sites for hydroxylation is 1. The summed E-state index contributed by atoms with van der Waals surface area (Å²) in [4.78, 5) is 0. The molecule has 4 heteroatoms. The SMILES string of the molecule is Cc1cscc1C(N)Cc1ccc(Br)cc1F. The van der Waals surface area contributed by atoms with Crippen LogP contribution in [0.3, 0.4) is 0 Å². The number of halogens is 2. The average Bonchev–Trinajstić information content (AvgIpc) is 2.68. The summed E-state index contributed by atoms with van der Waals surface area (Å²) in [5, 5.41) is 4.10. The van der Waals surface area contributed by atoms with Crippen molar-refractivity contribution in [3.05, 3.63) is 55.9 Å². The summed E-state index contributed by atoms with van der Waals surface area (Å²) in [6.07, 6.45) is 0.524. The average molecular weight is 314 g/mol. The van der Waals surface area contributed by atoms with Crippen molar-refractivity contribution in [2.24, 2.45) is 5.73 Å². The van der Waals surface area contributed by atoms with Gasteiger partial charge in [-0.05, 0) is 52.9 Å². The molecule has 0 amide bonds. The van der Waals surface area contributed by atoms with E-state index in [0.717, 1.165) is 10.0 Å². The van der Waals surface area contributed by atoms with E-state index in [1.807, 2.05) is 18.4 Å². The highest BCUT2D eigenvalue weighted by Crippen LogP contribution is 2.25. The van der Waals surface area contributed by atoms with Crippen LogP contribution in [0.15, 0.2) is 33.4 Å². The molecule has 0 fully saturated rings. The van der Waals surface area contributed by atoms with E-state index in [0.29, 0.717) is 12.0 Å². The zero-order valence-corrected chi connectivity index (χ0v) is 11.8. The molecule has 1 heterocycles. The van der Waals surface area contributed by atoms with Gasteiger partial charge in [-0.25, -0.2) is 4.39 Å². The molecule has 0 aliphatic rings.